The Hall–Kier alpha value is -2.90. The molecule has 0 aliphatic rings. The van der Waals surface area contributed by atoms with Crippen LogP contribution in [0.5, 0.6) is 11.5 Å². The number of nitrogens with zero attached hydrogens (tertiary/aromatic N) is 3. The number of aliphatic hydroxyl groups is 2. The van der Waals surface area contributed by atoms with Gasteiger partial charge in [0.25, 0.3) is 0 Å². The van der Waals surface area contributed by atoms with Crippen LogP contribution in [0.3, 0.4) is 0 Å². The van der Waals surface area contributed by atoms with Crippen LogP contribution in [-0.4, -0.2) is 51.1 Å². The molecule has 1 unspecified atom stereocenters. The van der Waals surface area contributed by atoms with Gasteiger partial charge >= 0.3 is 0 Å². The van der Waals surface area contributed by atoms with Crippen molar-refractivity contribution in [3.8, 4) is 22.8 Å². The predicted molar refractivity (Wildman–Crippen MR) is 147 cm³/mol. The second-order valence-corrected chi connectivity index (χ2v) is 9.65. The number of hydrogen-bond acceptors (Lipinski definition) is 6. The summed E-state index contributed by atoms with van der Waals surface area (Å²) in [6, 6.07) is 15.6. The summed E-state index contributed by atoms with van der Waals surface area (Å²) >= 11 is 0. The van der Waals surface area contributed by atoms with Gasteiger partial charge in [0, 0.05) is 5.56 Å². The fourth-order valence-electron chi connectivity index (χ4n) is 4.13. The summed E-state index contributed by atoms with van der Waals surface area (Å²) in [6.45, 7) is 3.40. The van der Waals surface area contributed by atoms with Crippen molar-refractivity contribution in [3.63, 3.8) is 0 Å². The molecule has 7 heteroatoms. The van der Waals surface area contributed by atoms with Crippen LogP contribution in [0.2, 0.25) is 0 Å². The Morgan fingerprint density at radius 2 is 1.38 bits per heavy atom. The average molecular weight is 510 g/mol. The summed E-state index contributed by atoms with van der Waals surface area (Å²) in [5.41, 5.74) is 2.84. The van der Waals surface area contributed by atoms with E-state index in [-0.39, 0.29) is 13.2 Å². The molecule has 202 valence electrons. The molecule has 2 aromatic carbocycles. The van der Waals surface area contributed by atoms with Gasteiger partial charge in [-0.1, -0.05) is 82.1 Å². The summed E-state index contributed by atoms with van der Waals surface area (Å²) in [6.07, 6.45) is 14.3. The van der Waals surface area contributed by atoms with Crippen molar-refractivity contribution < 1.29 is 19.7 Å². The molecule has 0 bridgehead atoms. The van der Waals surface area contributed by atoms with Crippen molar-refractivity contribution in [3.05, 3.63) is 60.3 Å². The number of benzene rings is 2. The van der Waals surface area contributed by atoms with E-state index in [2.05, 4.69) is 29.4 Å². The summed E-state index contributed by atoms with van der Waals surface area (Å²) in [7, 11) is 0. The number of unbranched alkanes of at least 4 members (excludes halogenated alkanes) is 9. The Morgan fingerprint density at radius 3 is 2.03 bits per heavy atom. The summed E-state index contributed by atoms with van der Waals surface area (Å²) in [5, 5.41) is 26.8. The third kappa shape index (κ3) is 10.9. The molecule has 3 rings (SSSR count). The third-order valence-electron chi connectivity index (χ3n) is 6.38. The lowest BCUT2D eigenvalue weighted by Gasteiger charge is -2.09. The highest BCUT2D eigenvalue weighted by Gasteiger charge is 2.07. The molecule has 0 fully saturated rings. The first-order chi connectivity index (χ1) is 18.2. The molecule has 0 amide bonds. The van der Waals surface area contributed by atoms with Gasteiger partial charge in [-0.15, -0.1) is 5.10 Å². The standard InChI is InChI=1S/C30H43N3O4/c1-2-3-4-5-6-7-8-9-10-11-20-36-28-16-12-25(13-17-28)21-33-22-30(31-32-33)26-14-18-29(19-15-26)37-24-27(35)23-34/h12-19,22,27,34-35H,2-11,20-21,23-24H2,1H3. The molecule has 2 N–H and O–H groups in total. The molecule has 0 spiro atoms. The van der Waals surface area contributed by atoms with Crippen molar-refractivity contribution in [2.45, 2.75) is 83.8 Å². The van der Waals surface area contributed by atoms with E-state index in [1.165, 1.54) is 57.8 Å². The lowest BCUT2D eigenvalue weighted by molar-refractivity contribution is 0.0536. The van der Waals surface area contributed by atoms with Gasteiger partial charge in [-0.3, -0.25) is 0 Å². The first-order valence-corrected chi connectivity index (χ1v) is 13.8. The van der Waals surface area contributed by atoms with Gasteiger partial charge in [0.05, 0.1) is 26.0 Å². The van der Waals surface area contributed by atoms with E-state index in [9.17, 15) is 5.11 Å². The molecule has 0 saturated carbocycles. The molecule has 0 aliphatic heterocycles. The highest BCUT2D eigenvalue weighted by atomic mass is 16.5. The maximum Gasteiger partial charge on any atom is 0.119 e. The zero-order valence-corrected chi connectivity index (χ0v) is 22.2. The fourth-order valence-corrected chi connectivity index (χ4v) is 4.13. The average Bonchev–Trinajstić information content (AvgIpc) is 3.40. The first-order valence-electron chi connectivity index (χ1n) is 13.8. The number of aromatic nitrogens is 3. The molecule has 1 atom stereocenters. The van der Waals surface area contributed by atoms with Crippen LogP contribution in [0, 0.1) is 0 Å². The number of rotatable bonds is 19. The number of aliphatic hydroxyl groups excluding tert-OH is 2. The minimum absolute atomic E-state index is 0.0508. The predicted octanol–water partition coefficient (Wildman–Crippen LogP) is 6.03. The molecule has 7 nitrogen and oxygen atoms in total. The molecule has 37 heavy (non-hydrogen) atoms. The van der Waals surface area contributed by atoms with E-state index in [1.54, 1.807) is 0 Å². The molecule has 0 radical (unpaired) electrons. The van der Waals surface area contributed by atoms with Crippen molar-refractivity contribution >= 4 is 0 Å². The van der Waals surface area contributed by atoms with Crippen molar-refractivity contribution in [1.82, 2.24) is 15.0 Å². The topological polar surface area (TPSA) is 89.6 Å². The molecule has 1 heterocycles. The number of ether oxygens (including phenoxy) is 2. The smallest absolute Gasteiger partial charge is 0.119 e. The third-order valence-corrected chi connectivity index (χ3v) is 6.38. The van der Waals surface area contributed by atoms with E-state index in [1.807, 2.05) is 47.3 Å². The Labute approximate surface area is 221 Å². The SMILES string of the molecule is CCCCCCCCCCCCOc1ccc(Cn2cc(-c3ccc(OCC(O)CO)cc3)nn2)cc1. The lowest BCUT2D eigenvalue weighted by atomic mass is 10.1. The molecule has 3 aromatic rings. The highest BCUT2D eigenvalue weighted by Crippen LogP contribution is 2.21. The normalized spacial score (nSPS) is 12.0. The Balaban J connectivity index is 1.33. The summed E-state index contributed by atoms with van der Waals surface area (Å²) in [4.78, 5) is 0. The van der Waals surface area contributed by atoms with Crippen LogP contribution >= 0.6 is 0 Å². The molecular weight excluding hydrogens is 466 g/mol. The van der Waals surface area contributed by atoms with Crippen molar-refractivity contribution in [1.29, 1.82) is 0 Å². The lowest BCUT2D eigenvalue weighted by Crippen LogP contribution is -2.21. The van der Waals surface area contributed by atoms with Crippen molar-refractivity contribution in [2.24, 2.45) is 0 Å². The van der Waals surface area contributed by atoms with Crippen LogP contribution in [0.15, 0.2) is 54.7 Å². The monoisotopic (exact) mass is 509 g/mol. The Kier molecular flexibility index (Phi) is 13.0. The van der Waals surface area contributed by atoms with Gasteiger partial charge in [-0.25, -0.2) is 4.68 Å². The molecule has 0 aliphatic carbocycles. The first kappa shape index (κ1) is 28.7. The van der Waals surface area contributed by atoms with E-state index < -0.39 is 6.10 Å². The van der Waals surface area contributed by atoms with Gasteiger partial charge in [0.2, 0.25) is 0 Å². The van der Waals surface area contributed by atoms with Gasteiger partial charge in [-0.2, -0.15) is 0 Å². The minimum atomic E-state index is -0.884. The van der Waals surface area contributed by atoms with E-state index in [0.717, 1.165) is 35.6 Å². The van der Waals surface area contributed by atoms with E-state index in [4.69, 9.17) is 14.6 Å². The summed E-state index contributed by atoms with van der Waals surface area (Å²) in [5.74, 6) is 1.53. The van der Waals surface area contributed by atoms with Crippen LogP contribution in [-0.2, 0) is 6.54 Å². The zero-order valence-electron chi connectivity index (χ0n) is 22.2. The van der Waals surface area contributed by atoms with Gasteiger partial charge in [0.1, 0.15) is 29.9 Å². The second-order valence-electron chi connectivity index (χ2n) is 9.65. The minimum Gasteiger partial charge on any atom is -0.494 e. The fraction of sp³-hybridized carbons (Fsp3) is 0.533. The van der Waals surface area contributed by atoms with Gasteiger partial charge < -0.3 is 19.7 Å². The maximum absolute atomic E-state index is 9.39. The summed E-state index contributed by atoms with van der Waals surface area (Å²) < 4.78 is 13.2. The van der Waals surface area contributed by atoms with Crippen LogP contribution in [0.1, 0.15) is 76.7 Å². The highest BCUT2D eigenvalue weighted by molar-refractivity contribution is 5.58. The van der Waals surface area contributed by atoms with E-state index in [0.29, 0.717) is 12.3 Å². The van der Waals surface area contributed by atoms with Gasteiger partial charge in [0.15, 0.2) is 0 Å². The maximum atomic E-state index is 9.39. The Morgan fingerprint density at radius 1 is 0.784 bits per heavy atom. The van der Waals surface area contributed by atoms with Gasteiger partial charge in [-0.05, 0) is 48.4 Å². The number of hydrogen-bond donors (Lipinski definition) is 2. The van der Waals surface area contributed by atoms with Crippen LogP contribution < -0.4 is 9.47 Å². The van der Waals surface area contributed by atoms with Crippen molar-refractivity contribution in [2.75, 3.05) is 19.8 Å². The molecule has 0 saturated heterocycles. The second kappa shape index (κ2) is 16.8. The van der Waals surface area contributed by atoms with E-state index >= 15 is 0 Å². The zero-order chi connectivity index (χ0) is 26.1. The Bertz CT molecular complexity index is 989. The molecule has 1 aromatic heterocycles. The largest absolute Gasteiger partial charge is 0.494 e. The van der Waals surface area contributed by atoms with Crippen LogP contribution in [0.4, 0.5) is 0 Å². The quantitative estimate of drug-likeness (QED) is 0.192. The van der Waals surface area contributed by atoms with Crippen LogP contribution in [0.25, 0.3) is 11.3 Å². The molecular formula is C30H43N3O4.